The minimum atomic E-state index is 0.525. The van der Waals surface area contributed by atoms with Crippen LogP contribution in [-0.2, 0) is 6.54 Å². The van der Waals surface area contributed by atoms with Crippen LogP contribution in [0.3, 0.4) is 0 Å². The van der Waals surface area contributed by atoms with Crippen molar-refractivity contribution < 1.29 is 14.7 Å². The van der Waals surface area contributed by atoms with E-state index in [1.165, 1.54) is 0 Å². The molecule has 0 atom stereocenters. The van der Waals surface area contributed by atoms with E-state index >= 15 is 0 Å². The van der Waals surface area contributed by atoms with E-state index in [1.807, 2.05) is 42.5 Å². The van der Waals surface area contributed by atoms with Gasteiger partial charge in [0.2, 0.25) is 12.4 Å². The van der Waals surface area contributed by atoms with Gasteiger partial charge in [0.1, 0.15) is 5.82 Å². The van der Waals surface area contributed by atoms with Crippen molar-refractivity contribution in [1.82, 2.24) is 14.6 Å². The first-order valence-electron chi connectivity index (χ1n) is 8.16. The minimum Gasteiger partial charge on any atom is -0.491 e. The monoisotopic (exact) mass is 348 g/mol. The van der Waals surface area contributed by atoms with Crippen LogP contribution in [0, 0.1) is 0 Å². The molecule has 7 nitrogen and oxygen atoms in total. The van der Waals surface area contributed by atoms with E-state index in [-0.39, 0.29) is 0 Å². The molecule has 3 heterocycles. The van der Waals surface area contributed by atoms with E-state index in [2.05, 4.69) is 10.4 Å². The Kier molecular flexibility index (Phi) is 4.10. The lowest BCUT2D eigenvalue weighted by molar-refractivity contribution is -0.905. The molecule has 0 fully saturated rings. The van der Waals surface area contributed by atoms with Gasteiger partial charge in [-0.15, -0.1) is 0 Å². The average molecular weight is 348 g/mol. The maximum atomic E-state index is 9.55. The van der Waals surface area contributed by atoms with Crippen molar-refractivity contribution in [3.63, 3.8) is 0 Å². The van der Waals surface area contributed by atoms with Crippen molar-refractivity contribution in [3.8, 4) is 17.0 Å². The first-order valence-corrected chi connectivity index (χ1v) is 8.16. The minimum absolute atomic E-state index is 0.525. The number of pyridine rings is 1. The molecule has 0 spiro atoms. The number of methoxy groups -OCH3 is 1. The van der Waals surface area contributed by atoms with E-state index in [0.717, 1.165) is 27.4 Å². The summed E-state index contributed by atoms with van der Waals surface area (Å²) in [5.41, 5.74) is 3.40. The molecule has 2 N–H and O–H groups in total. The average Bonchev–Trinajstić information content (AvgIpc) is 3.10. The number of hydrogen-bond donors (Lipinski definition) is 2. The highest BCUT2D eigenvalue weighted by Crippen LogP contribution is 2.26. The number of fused-ring (bicyclic) bond motifs is 1. The molecule has 0 saturated heterocycles. The van der Waals surface area contributed by atoms with Crippen LogP contribution in [0.5, 0.6) is 5.75 Å². The first-order chi connectivity index (χ1) is 12.7. The molecule has 0 radical (unpaired) electrons. The summed E-state index contributed by atoms with van der Waals surface area (Å²) in [6.45, 7) is 0.525. The van der Waals surface area contributed by atoms with Crippen LogP contribution in [0.15, 0.2) is 67.1 Å². The lowest BCUT2D eigenvalue weighted by Crippen LogP contribution is -2.29. The summed E-state index contributed by atoms with van der Waals surface area (Å²) < 4.78 is 8.12. The topological polar surface area (TPSA) is 75.6 Å². The number of rotatable bonds is 5. The molecule has 0 aliphatic carbocycles. The van der Waals surface area contributed by atoms with Gasteiger partial charge in [0.15, 0.2) is 11.4 Å². The summed E-state index contributed by atoms with van der Waals surface area (Å²) in [7, 11) is 1.60. The first kappa shape index (κ1) is 15.9. The molecule has 0 unspecified atom stereocenters. The Bertz CT molecular complexity index is 1050. The molecule has 0 bridgehead atoms. The molecule has 3 aromatic heterocycles. The number of anilines is 1. The molecule has 0 amide bonds. The van der Waals surface area contributed by atoms with E-state index in [1.54, 1.807) is 36.3 Å². The third kappa shape index (κ3) is 3.02. The van der Waals surface area contributed by atoms with Crippen molar-refractivity contribution in [3.05, 3.63) is 72.7 Å². The standard InChI is InChI=1S/C19H18N5O2/c1-26-17-12-21-24-18(20-11-14-6-5-9-23(25)13-14)10-16(22-19(17)24)15-7-3-2-4-8-15/h2-10,12-13,20,25H,11H2,1H3/q+1. The Hall–Kier alpha value is -3.61. The van der Waals surface area contributed by atoms with Gasteiger partial charge >= 0.3 is 0 Å². The lowest BCUT2D eigenvalue weighted by Gasteiger charge is -2.10. The molecule has 0 saturated carbocycles. The van der Waals surface area contributed by atoms with Gasteiger partial charge in [-0.05, 0) is 6.07 Å². The zero-order chi connectivity index (χ0) is 17.9. The number of hydrogen-bond acceptors (Lipinski definition) is 5. The summed E-state index contributed by atoms with van der Waals surface area (Å²) in [4.78, 5) is 4.70. The normalized spacial score (nSPS) is 10.8. The fraction of sp³-hybridized carbons (Fsp3) is 0.105. The van der Waals surface area contributed by atoms with E-state index < -0.39 is 0 Å². The molecular formula is C19H18N5O2+. The van der Waals surface area contributed by atoms with Gasteiger partial charge in [0.05, 0.1) is 19.0 Å². The lowest BCUT2D eigenvalue weighted by atomic mass is 10.1. The third-order valence-corrected chi connectivity index (χ3v) is 4.05. The van der Waals surface area contributed by atoms with Crippen LogP contribution < -0.4 is 14.8 Å². The second kappa shape index (κ2) is 6.72. The number of ether oxygens (including phenoxy) is 1. The van der Waals surface area contributed by atoms with Gasteiger partial charge in [-0.3, -0.25) is 5.21 Å². The maximum absolute atomic E-state index is 9.55. The van der Waals surface area contributed by atoms with Crippen molar-refractivity contribution in [2.24, 2.45) is 0 Å². The van der Waals surface area contributed by atoms with Crippen molar-refractivity contribution in [2.45, 2.75) is 6.54 Å². The number of nitrogens with one attached hydrogen (secondary N) is 1. The number of nitrogens with zero attached hydrogens (tertiary/aromatic N) is 4. The molecule has 4 aromatic rings. The van der Waals surface area contributed by atoms with Crippen molar-refractivity contribution in [2.75, 3.05) is 12.4 Å². The zero-order valence-electron chi connectivity index (χ0n) is 14.2. The summed E-state index contributed by atoms with van der Waals surface area (Å²) in [5.74, 6) is 1.39. The number of benzene rings is 1. The molecule has 130 valence electrons. The molecule has 26 heavy (non-hydrogen) atoms. The smallest absolute Gasteiger partial charge is 0.227 e. The Labute approximate surface area is 150 Å². The Morgan fingerprint density at radius 1 is 1.19 bits per heavy atom. The SMILES string of the molecule is COc1cnn2c(NCc3ccc[n+](O)c3)cc(-c3ccccc3)nc12. The molecular weight excluding hydrogens is 330 g/mol. The Balaban J connectivity index is 1.76. The van der Waals surface area contributed by atoms with Crippen LogP contribution in [0.4, 0.5) is 5.82 Å². The Morgan fingerprint density at radius 3 is 2.81 bits per heavy atom. The fourth-order valence-electron chi connectivity index (χ4n) is 2.78. The van der Waals surface area contributed by atoms with Gasteiger partial charge in [-0.2, -0.15) is 9.61 Å². The summed E-state index contributed by atoms with van der Waals surface area (Å²) in [6.07, 6.45) is 4.86. The predicted molar refractivity (Wildman–Crippen MR) is 96.1 cm³/mol. The van der Waals surface area contributed by atoms with Crippen LogP contribution >= 0.6 is 0 Å². The molecule has 7 heteroatoms. The second-order valence-electron chi connectivity index (χ2n) is 5.79. The zero-order valence-corrected chi connectivity index (χ0v) is 14.2. The Morgan fingerprint density at radius 2 is 2.04 bits per heavy atom. The van der Waals surface area contributed by atoms with E-state index in [0.29, 0.717) is 17.9 Å². The largest absolute Gasteiger partial charge is 0.491 e. The van der Waals surface area contributed by atoms with Gasteiger partial charge in [0.25, 0.3) is 0 Å². The molecule has 4 rings (SSSR count). The summed E-state index contributed by atoms with van der Waals surface area (Å²) in [5, 5.41) is 17.3. The summed E-state index contributed by atoms with van der Waals surface area (Å²) in [6, 6.07) is 15.6. The second-order valence-corrected chi connectivity index (χ2v) is 5.79. The van der Waals surface area contributed by atoms with Crippen LogP contribution in [-0.4, -0.2) is 26.9 Å². The van der Waals surface area contributed by atoms with Crippen molar-refractivity contribution in [1.29, 1.82) is 0 Å². The molecule has 1 aromatic carbocycles. The van der Waals surface area contributed by atoms with E-state index in [4.69, 9.17) is 9.72 Å². The van der Waals surface area contributed by atoms with Gasteiger partial charge in [0, 0.05) is 34.5 Å². The van der Waals surface area contributed by atoms with E-state index in [9.17, 15) is 5.21 Å². The molecule has 0 aliphatic heterocycles. The fourth-order valence-corrected chi connectivity index (χ4v) is 2.78. The highest BCUT2D eigenvalue weighted by atomic mass is 16.5. The predicted octanol–water partition coefficient (Wildman–Crippen LogP) is 2.54. The van der Waals surface area contributed by atoms with Crippen molar-refractivity contribution >= 4 is 11.5 Å². The van der Waals surface area contributed by atoms with Gasteiger partial charge in [-0.1, -0.05) is 30.3 Å². The number of aromatic nitrogens is 4. The van der Waals surface area contributed by atoms with Crippen LogP contribution in [0.1, 0.15) is 5.56 Å². The summed E-state index contributed by atoms with van der Waals surface area (Å²) >= 11 is 0. The molecule has 0 aliphatic rings. The van der Waals surface area contributed by atoms with Gasteiger partial charge in [-0.25, -0.2) is 4.98 Å². The highest BCUT2D eigenvalue weighted by molar-refractivity contribution is 5.69. The van der Waals surface area contributed by atoms with Gasteiger partial charge < -0.3 is 10.1 Å². The van der Waals surface area contributed by atoms with Crippen LogP contribution in [0.25, 0.3) is 16.9 Å². The highest BCUT2D eigenvalue weighted by Gasteiger charge is 2.13. The maximum Gasteiger partial charge on any atom is 0.227 e. The van der Waals surface area contributed by atoms with Crippen LogP contribution in [0.2, 0.25) is 0 Å². The quantitative estimate of drug-likeness (QED) is 0.428. The third-order valence-electron chi connectivity index (χ3n) is 4.05.